The van der Waals surface area contributed by atoms with Crippen molar-refractivity contribution >= 4 is 5.97 Å². The Hall–Kier alpha value is -0.990. The summed E-state index contributed by atoms with van der Waals surface area (Å²) in [5.41, 5.74) is 6.46. The molecule has 15 heavy (non-hydrogen) atoms. The van der Waals surface area contributed by atoms with Crippen LogP contribution in [0.2, 0.25) is 0 Å². The molecule has 0 aromatic heterocycles. The number of carbonyl (C=O) groups is 1. The fraction of sp³-hybridized carbons (Fsp3) is 0.750. The average molecular weight is 213 g/mol. The smallest absolute Gasteiger partial charge is 0.332 e. The molecule has 0 saturated carbocycles. The predicted molar refractivity (Wildman–Crippen MR) is 62.1 cm³/mol. The molecule has 0 unspecified atom stereocenters. The lowest BCUT2D eigenvalue weighted by molar-refractivity contribution is -0.137. The van der Waals surface area contributed by atoms with Crippen molar-refractivity contribution in [3.05, 3.63) is 11.8 Å². The van der Waals surface area contributed by atoms with Crippen molar-refractivity contribution in [3.63, 3.8) is 0 Å². The number of hydrogen-bond acceptors (Lipinski definition) is 3. The fourth-order valence-corrected chi connectivity index (χ4v) is 1.49. The number of allylic oxidation sites excluding steroid dienone is 1. The fourth-order valence-electron chi connectivity index (χ4n) is 1.49. The largest absolute Gasteiger partial charge is 0.463 e. The van der Waals surface area contributed by atoms with Crippen LogP contribution in [0.4, 0.5) is 0 Å². The van der Waals surface area contributed by atoms with Crippen molar-refractivity contribution in [2.75, 3.05) is 6.61 Å². The van der Waals surface area contributed by atoms with Gasteiger partial charge in [-0.3, -0.25) is 0 Å². The van der Waals surface area contributed by atoms with Crippen LogP contribution < -0.4 is 5.73 Å². The Labute approximate surface area is 92.7 Å². The number of hydrogen-bond donors (Lipinski definition) is 1. The topological polar surface area (TPSA) is 52.3 Å². The maximum Gasteiger partial charge on any atom is 0.332 e. The Bertz CT molecular complexity index is 224. The van der Waals surface area contributed by atoms with E-state index < -0.39 is 0 Å². The summed E-state index contributed by atoms with van der Waals surface area (Å²) in [7, 11) is 0. The molecule has 0 aromatic rings. The van der Waals surface area contributed by atoms with Gasteiger partial charge in [-0.2, -0.15) is 0 Å². The number of esters is 1. The number of carbonyl (C=O) groups excluding carboxylic acids is 1. The molecule has 3 nitrogen and oxygen atoms in total. The first-order chi connectivity index (χ1) is 7.02. The molecule has 0 fully saturated rings. The lowest BCUT2D eigenvalue weighted by Crippen LogP contribution is -2.18. The third-order valence-corrected chi connectivity index (χ3v) is 2.69. The van der Waals surface area contributed by atoms with Gasteiger partial charge in [-0.1, -0.05) is 33.6 Å². The highest BCUT2D eigenvalue weighted by Gasteiger charge is 2.14. The molecule has 0 rings (SSSR count). The highest BCUT2D eigenvalue weighted by molar-refractivity contribution is 5.82. The molecule has 0 aliphatic carbocycles. The second-order valence-electron chi connectivity index (χ2n) is 3.95. The highest BCUT2D eigenvalue weighted by Crippen LogP contribution is 2.21. The van der Waals surface area contributed by atoms with Gasteiger partial charge in [0.1, 0.15) is 0 Å². The van der Waals surface area contributed by atoms with Crippen LogP contribution in [0.15, 0.2) is 11.8 Å². The summed E-state index contributed by atoms with van der Waals surface area (Å²) in [6.45, 7) is 8.52. The van der Waals surface area contributed by atoms with Crippen molar-refractivity contribution in [2.45, 2.75) is 40.5 Å². The van der Waals surface area contributed by atoms with Crippen LogP contribution in [0.1, 0.15) is 40.5 Å². The summed E-state index contributed by atoms with van der Waals surface area (Å²) in [4.78, 5) is 11.2. The van der Waals surface area contributed by atoms with Gasteiger partial charge in [0, 0.05) is 11.8 Å². The lowest BCUT2D eigenvalue weighted by atomic mass is 9.89. The van der Waals surface area contributed by atoms with Gasteiger partial charge in [-0.25, -0.2) is 4.79 Å². The zero-order valence-electron chi connectivity index (χ0n) is 10.2. The van der Waals surface area contributed by atoms with E-state index in [0.717, 1.165) is 12.8 Å². The molecule has 88 valence electrons. The summed E-state index contributed by atoms with van der Waals surface area (Å²) in [6.07, 6.45) is 3.66. The first-order valence-corrected chi connectivity index (χ1v) is 5.66. The lowest BCUT2D eigenvalue weighted by Gasteiger charge is -2.19. The molecule has 0 heterocycles. The van der Waals surface area contributed by atoms with Gasteiger partial charge in [0.25, 0.3) is 0 Å². The Balaban J connectivity index is 4.28. The van der Waals surface area contributed by atoms with Crippen molar-refractivity contribution in [1.29, 1.82) is 0 Å². The SMILES string of the molecule is CCC[C@@H](C)[C@@H](C)/C(N)=C\C(=O)OCC. The highest BCUT2D eigenvalue weighted by atomic mass is 16.5. The van der Waals surface area contributed by atoms with Crippen LogP contribution >= 0.6 is 0 Å². The molecule has 0 amide bonds. The van der Waals surface area contributed by atoms with Crippen LogP contribution in [-0.4, -0.2) is 12.6 Å². The second kappa shape index (κ2) is 7.32. The van der Waals surface area contributed by atoms with Gasteiger partial charge in [-0.05, 0) is 18.8 Å². The Morgan fingerprint density at radius 3 is 2.47 bits per heavy atom. The van der Waals surface area contributed by atoms with Crippen LogP contribution in [-0.2, 0) is 9.53 Å². The zero-order valence-corrected chi connectivity index (χ0v) is 10.2. The Kier molecular flexibility index (Phi) is 6.84. The van der Waals surface area contributed by atoms with Crippen LogP contribution in [0.3, 0.4) is 0 Å². The molecule has 0 aromatic carbocycles. The van der Waals surface area contributed by atoms with E-state index in [1.54, 1.807) is 6.92 Å². The van der Waals surface area contributed by atoms with Crippen molar-refractivity contribution in [3.8, 4) is 0 Å². The van der Waals surface area contributed by atoms with E-state index in [9.17, 15) is 4.79 Å². The van der Waals surface area contributed by atoms with Gasteiger partial charge in [0.15, 0.2) is 0 Å². The molecule has 2 N–H and O–H groups in total. The van der Waals surface area contributed by atoms with Crippen LogP contribution in [0, 0.1) is 11.8 Å². The number of ether oxygens (including phenoxy) is 1. The van der Waals surface area contributed by atoms with Gasteiger partial charge in [-0.15, -0.1) is 0 Å². The molecule has 0 saturated heterocycles. The van der Waals surface area contributed by atoms with Gasteiger partial charge >= 0.3 is 5.97 Å². The maximum atomic E-state index is 11.2. The van der Waals surface area contributed by atoms with E-state index in [-0.39, 0.29) is 11.9 Å². The Morgan fingerprint density at radius 1 is 1.40 bits per heavy atom. The summed E-state index contributed by atoms with van der Waals surface area (Å²) in [6, 6.07) is 0. The van der Waals surface area contributed by atoms with Crippen LogP contribution in [0.25, 0.3) is 0 Å². The van der Waals surface area contributed by atoms with E-state index >= 15 is 0 Å². The third-order valence-electron chi connectivity index (χ3n) is 2.69. The van der Waals surface area contributed by atoms with Crippen molar-refractivity contribution in [2.24, 2.45) is 17.6 Å². The Morgan fingerprint density at radius 2 is 2.00 bits per heavy atom. The minimum Gasteiger partial charge on any atom is -0.463 e. The third kappa shape index (κ3) is 5.45. The molecular formula is C12H23NO2. The quantitative estimate of drug-likeness (QED) is 0.544. The molecule has 0 aliphatic rings. The molecular weight excluding hydrogens is 190 g/mol. The molecule has 0 spiro atoms. The number of rotatable bonds is 6. The summed E-state index contributed by atoms with van der Waals surface area (Å²) in [5.74, 6) is 0.389. The van der Waals surface area contributed by atoms with E-state index in [2.05, 4.69) is 13.8 Å². The molecule has 0 radical (unpaired) electrons. The summed E-state index contributed by atoms with van der Waals surface area (Å²) in [5, 5.41) is 0. The van der Waals surface area contributed by atoms with Crippen LogP contribution in [0.5, 0.6) is 0 Å². The maximum absolute atomic E-state index is 11.2. The van der Waals surface area contributed by atoms with E-state index in [1.807, 2.05) is 6.92 Å². The minimum absolute atomic E-state index is 0.231. The summed E-state index contributed by atoms with van der Waals surface area (Å²) >= 11 is 0. The first-order valence-electron chi connectivity index (χ1n) is 5.66. The second-order valence-corrected chi connectivity index (χ2v) is 3.95. The van der Waals surface area contributed by atoms with Crippen molar-refractivity contribution in [1.82, 2.24) is 0 Å². The monoisotopic (exact) mass is 213 g/mol. The minimum atomic E-state index is -0.342. The molecule has 0 bridgehead atoms. The van der Waals surface area contributed by atoms with E-state index in [4.69, 9.17) is 10.5 Å². The van der Waals surface area contributed by atoms with Gasteiger partial charge in [0.05, 0.1) is 6.61 Å². The normalized spacial score (nSPS) is 15.9. The standard InChI is InChI=1S/C12H23NO2/c1-5-7-9(3)10(4)11(13)8-12(14)15-6-2/h8-10H,5-7,13H2,1-4H3/b11-8+/t9-,10-/m1/s1. The van der Waals surface area contributed by atoms with Crippen molar-refractivity contribution < 1.29 is 9.53 Å². The molecule has 2 atom stereocenters. The average Bonchev–Trinajstić information content (AvgIpc) is 2.17. The first kappa shape index (κ1) is 14.0. The summed E-state index contributed by atoms with van der Waals surface area (Å²) < 4.78 is 4.81. The van der Waals surface area contributed by atoms with E-state index in [0.29, 0.717) is 18.2 Å². The zero-order chi connectivity index (χ0) is 11.8. The predicted octanol–water partition coefficient (Wildman–Crippen LogP) is 2.46. The van der Waals surface area contributed by atoms with Gasteiger partial charge in [0.2, 0.25) is 0 Å². The number of nitrogens with two attached hydrogens (primary N) is 1. The molecule has 3 heteroatoms. The van der Waals surface area contributed by atoms with E-state index in [1.165, 1.54) is 6.08 Å². The van der Waals surface area contributed by atoms with Gasteiger partial charge < -0.3 is 10.5 Å². The molecule has 0 aliphatic heterocycles.